The van der Waals surface area contributed by atoms with Crippen molar-refractivity contribution in [1.29, 1.82) is 0 Å². The second kappa shape index (κ2) is 6.69. The highest BCUT2D eigenvalue weighted by atomic mass is 16.5. The molecular formula is C13H23NO2. The molecule has 0 spiro atoms. The monoisotopic (exact) mass is 225 g/mol. The van der Waals surface area contributed by atoms with Gasteiger partial charge in [-0.2, -0.15) is 0 Å². The van der Waals surface area contributed by atoms with Crippen molar-refractivity contribution in [2.45, 2.75) is 45.6 Å². The number of piperidine rings is 1. The summed E-state index contributed by atoms with van der Waals surface area (Å²) in [5, 5.41) is 0. The maximum Gasteiger partial charge on any atom is 0.334 e. The zero-order valence-corrected chi connectivity index (χ0v) is 10.5. The third-order valence-electron chi connectivity index (χ3n) is 3.18. The van der Waals surface area contributed by atoms with Crippen molar-refractivity contribution < 1.29 is 9.53 Å². The molecule has 0 radical (unpaired) electrons. The molecule has 16 heavy (non-hydrogen) atoms. The summed E-state index contributed by atoms with van der Waals surface area (Å²) in [6, 6.07) is 0.611. The van der Waals surface area contributed by atoms with Crippen molar-refractivity contribution in [3.8, 4) is 0 Å². The first-order valence-electron chi connectivity index (χ1n) is 6.28. The fourth-order valence-electron chi connectivity index (χ4n) is 2.27. The second-order valence-corrected chi connectivity index (χ2v) is 4.35. The van der Waals surface area contributed by atoms with Crippen molar-refractivity contribution >= 4 is 5.97 Å². The van der Waals surface area contributed by atoms with Gasteiger partial charge < -0.3 is 4.74 Å². The highest BCUT2D eigenvalue weighted by Crippen LogP contribution is 2.20. The molecule has 3 nitrogen and oxygen atoms in total. The summed E-state index contributed by atoms with van der Waals surface area (Å²) in [6.45, 7) is 10.0. The van der Waals surface area contributed by atoms with Crippen molar-refractivity contribution in [2.24, 2.45) is 0 Å². The van der Waals surface area contributed by atoms with Gasteiger partial charge in [0.05, 0.1) is 6.61 Å². The van der Waals surface area contributed by atoms with Crippen molar-refractivity contribution in [1.82, 2.24) is 4.90 Å². The van der Waals surface area contributed by atoms with E-state index in [1.165, 1.54) is 19.3 Å². The molecule has 0 aromatic heterocycles. The van der Waals surface area contributed by atoms with E-state index in [-0.39, 0.29) is 5.97 Å². The van der Waals surface area contributed by atoms with E-state index in [9.17, 15) is 4.79 Å². The van der Waals surface area contributed by atoms with E-state index >= 15 is 0 Å². The molecule has 0 aromatic carbocycles. The minimum Gasteiger partial charge on any atom is -0.463 e. The third-order valence-corrected chi connectivity index (χ3v) is 3.18. The molecule has 3 heteroatoms. The van der Waals surface area contributed by atoms with Crippen LogP contribution < -0.4 is 0 Å². The number of likely N-dealkylation sites (tertiary alicyclic amines) is 1. The molecule has 1 unspecified atom stereocenters. The summed E-state index contributed by atoms with van der Waals surface area (Å²) < 4.78 is 4.95. The molecule has 1 aliphatic heterocycles. The number of rotatable bonds is 5. The lowest BCUT2D eigenvalue weighted by Gasteiger charge is -2.35. The van der Waals surface area contributed by atoms with Crippen molar-refractivity contribution in [2.75, 3.05) is 19.7 Å². The average molecular weight is 225 g/mol. The summed E-state index contributed by atoms with van der Waals surface area (Å²) >= 11 is 0. The van der Waals surface area contributed by atoms with Crippen LogP contribution in [0, 0.1) is 0 Å². The van der Waals surface area contributed by atoms with Gasteiger partial charge in [0.15, 0.2) is 0 Å². The molecule has 1 saturated heterocycles. The van der Waals surface area contributed by atoms with Crippen LogP contribution in [-0.4, -0.2) is 36.6 Å². The van der Waals surface area contributed by atoms with Gasteiger partial charge in [0, 0.05) is 18.2 Å². The van der Waals surface area contributed by atoms with E-state index in [0.717, 1.165) is 13.0 Å². The Labute approximate surface area is 98.5 Å². The summed E-state index contributed by atoms with van der Waals surface area (Å²) in [5.41, 5.74) is 0.585. The van der Waals surface area contributed by atoms with Gasteiger partial charge in [-0.05, 0) is 32.7 Å². The molecule has 0 aliphatic carbocycles. The number of esters is 1. The van der Waals surface area contributed by atoms with Gasteiger partial charge >= 0.3 is 5.97 Å². The third kappa shape index (κ3) is 3.63. The van der Waals surface area contributed by atoms with Crippen LogP contribution in [0.1, 0.15) is 39.5 Å². The fraction of sp³-hybridized carbons (Fsp3) is 0.769. The average Bonchev–Trinajstić information content (AvgIpc) is 2.30. The Bertz CT molecular complexity index is 250. The first kappa shape index (κ1) is 13.2. The Balaban J connectivity index is 2.44. The number of ether oxygens (including phenoxy) is 1. The summed E-state index contributed by atoms with van der Waals surface area (Å²) in [5.74, 6) is -0.247. The Hall–Kier alpha value is -0.830. The number of nitrogens with zero attached hydrogens (tertiary/aromatic N) is 1. The van der Waals surface area contributed by atoms with Gasteiger partial charge in [-0.3, -0.25) is 4.90 Å². The minimum absolute atomic E-state index is 0.247. The molecule has 0 aromatic rings. The Morgan fingerprint density at radius 3 is 2.81 bits per heavy atom. The molecule has 0 bridgehead atoms. The van der Waals surface area contributed by atoms with Crippen LogP contribution in [-0.2, 0) is 9.53 Å². The normalized spacial score (nSPS) is 21.8. The van der Waals surface area contributed by atoms with Gasteiger partial charge in [-0.15, -0.1) is 0 Å². The molecule has 1 heterocycles. The summed E-state index contributed by atoms with van der Waals surface area (Å²) in [7, 11) is 0. The fourth-order valence-corrected chi connectivity index (χ4v) is 2.27. The Morgan fingerprint density at radius 1 is 1.44 bits per heavy atom. The van der Waals surface area contributed by atoms with Crippen LogP contribution in [0.5, 0.6) is 0 Å². The molecule has 1 rings (SSSR count). The first-order chi connectivity index (χ1) is 7.69. The summed E-state index contributed by atoms with van der Waals surface area (Å²) in [4.78, 5) is 13.8. The predicted molar refractivity (Wildman–Crippen MR) is 65.3 cm³/mol. The first-order valence-corrected chi connectivity index (χ1v) is 6.28. The van der Waals surface area contributed by atoms with Crippen LogP contribution in [0.15, 0.2) is 12.2 Å². The number of hydrogen-bond donors (Lipinski definition) is 0. The second-order valence-electron chi connectivity index (χ2n) is 4.35. The lowest BCUT2D eigenvalue weighted by molar-refractivity contribution is -0.138. The highest BCUT2D eigenvalue weighted by molar-refractivity contribution is 5.88. The Morgan fingerprint density at radius 2 is 2.19 bits per heavy atom. The van der Waals surface area contributed by atoms with Crippen LogP contribution >= 0.6 is 0 Å². The number of carbonyl (C=O) groups excluding carboxylic acids is 1. The maximum absolute atomic E-state index is 11.5. The zero-order valence-electron chi connectivity index (χ0n) is 10.5. The van der Waals surface area contributed by atoms with Crippen molar-refractivity contribution in [3.05, 3.63) is 12.2 Å². The van der Waals surface area contributed by atoms with Gasteiger partial charge in [-0.1, -0.05) is 19.9 Å². The largest absolute Gasteiger partial charge is 0.463 e. The number of carbonyl (C=O) groups is 1. The lowest BCUT2D eigenvalue weighted by Crippen LogP contribution is -2.41. The van der Waals surface area contributed by atoms with E-state index < -0.39 is 0 Å². The lowest BCUT2D eigenvalue weighted by atomic mass is 9.99. The van der Waals surface area contributed by atoms with E-state index in [2.05, 4.69) is 18.4 Å². The maximum atomic E-state index is 11.5. The van der Waals surface area contributed by atoms with E-state index in [0.29, 0.717) is 24.8 Å². The van der Waals surface area contributed by atoms with E-state index in [1.807, 2.05) is 6.92 Å². The standard InChI is InChI=1S/C13H23NO2/c1-4-12-8-6-7-9-14(12)10-11(3)13(15)16-5-2/h12H,3-10H2,1-2H3. The molecule has 1 fully saturated rings. The topological polar surface area (TPSA) is 29.5 Å². The summed E-state index contributed by atoms with van der Waals surface area (Å²) in [6.07, 6.45) is 4.93. The molecule has 0 N–H and O–H groups in total. The Kier molecular flexibility index (Phi) is 5.53. The van der Waals surface area contributed by atoms with Gasteiger partial charge in [0.25, 0.3) is 0 Å². The quantitative estimate of drug-likeness (QED) is 0.531. The van der Waals surface area contributed by atoms with E-state index in [1.54, 1.807) is 0 Å². The predicted octanol–water partition coefficient (Wildman–Crippen LogP) is 2.37. The van der Waals surface area contributed by atoms with Crippen LogP contribution in [0.2, 0.25) is 0 Å². The molecule has 1 aliphatic rings. The SMILES string of the molecule is C=C(CN1CCCCC1CC)C(=O)OCC. The van der Waals surface area contributed by atoms with Crippen LogP contribution in [0.4, 0.5) is 0 Å². The highest BCUT2D eigenvalue weighted by Gasteiger charge is 2.22. The molecular weight excluding hydrogens is 202 g/mol. The molecule has 0 amide bonds. The van der Waals surface area contributed by atoms with E-state index in [4.69, 9.17) is 4.74 Å². The molecule has 92 valence electrons. The zero-order chi connectivity index (χ0) is 12.0. The number of hydrogen-bond acceptors (Lipinski definition) is 3. The van der Waals surface area contributed by atoms with Gasteiger partial charge in [-0.25, -0.2) is 4.79 Å². The van der Waals surface area contributed by atoms with Crippen LogP contribution in [0.3, 0.4) is 0 Å². The van der Waals surface area contributed by atoms with Gasteiger partial charge in [0.2, 0.25) is 0 Å². The minimum atomic E-state index is -0.247. The van der Waals surface area contributed by atoms with Crippen LogP contribution in [0.25, 0.3) is 0 Å². The molecule has 1 atom stereocenters. The smallest absolute Gasteiger partial charge is 0.334 e. The van der Waals surface area contributed by atoms with Crippen molar-refractivity contribution in [3.63, 3.8) is 0 Å². The van der Waals surface area contributed by atoms with Gasteiger partial charge in [0.1, 0.15) is 0 Å². The molecule has 0 saturated carbocycles.